The molecule has 0 unspecified atom stereocenters. The average molecular weight is 318 g/mol. The van der Waals surface area contributed by atoms with Gasteiger partial charge in [0.05, 0.1) is 5.69 Å². The molecule has 10 nitrogen and oxygen atoms in total. The first kappa shape index (κ1) is 15.1. The number of rotatable bonds is 4. The molecule has 10 heteroatoms. The molecule has 0 saturated heterocycles. The van der Waals surface area contributed by atoms with E-state index in [1.807, 2.05) is 0 Å². The highest BCUT2D eigenvalue weighted by Gasteiger charge is 2.20. The quantitative estimate of drug-likeness (QED) is 0.629. The number of aromatic nitrogens is 5. The largest absolute Gasteiger partial charge is 0.378 e. The monoisotopic (exact) mass is 318 g/mol. The van der Waals surface area contributed by atoms with Crippen molar-refractivity contribution >= 4 is 17.9 Å². The molecule has 2 aromatic rings. The minimum absolute atomic E-state index is 0.0697. The van der Waals surface area contributed by atoms with E-state index in [1.165, 1.54) is 23.9 Å². The Balaban J connectivity index is 1.67. The molecule has 0 aromatic carbocycles. The lowest BCUT2D eigenvalue weighted by Crippen LogP contribution is -2.20. The molecule has 1 aliphatic rings. The fraction of sp³-hybridized carbons (Fsp3) is 0.538. The summed E-state index contributed by atoms with van der Waals surface area (Å²) in [6, 6.07) is 0. The van der Waals surface area contributed by atoms with Crippen LogP contribution in [0.25, 0.3) is 5.82 Å². The summed E-state index contributed by atoms with van der Waals surface area (Å²) in [5.41, 5.74) is 8.71. The number of nitrogen functional groups attached to an aromatic ring is 1. The lowest BCUT2D eigenvalue weighted by Gasteiger charge is -2.16. The summed E-state index contributed by atoms with van der Waals surface area (Å²) in [5.74, 6) is 0.262. The van der Waals surface area contributed by atoms with Gasteiger partial charge in [0, 0.05) is 6.21 Å². The van der Waals surface area contributed by atoms with Crippen LogP contribution < -0.4 is 11.2 Å². The fourth-order valence-electron chi connectivity index (χ4n) is 2.62. The van der Waals surface area contributed by atoms with E-state index in [4.69, 9.17) is 5.73 Å². The molecule has 122 valence electrons. The van der Waals surface area contributed by atoms with Crippen molar-refractivity contribution in [1.29, 1.82) is 0 Å². The highest BCUT2D eigenvalue weighted by Crippen LogP contribution is 2.21. The maximum atomic E-state index is 12.1. The first-order valence-electron chi connectivity index (χ1n) is 7.51. The van der Waals surface area contributed by atoms with E-state index in [9.17, 15) is 4.79 Å². The van der Waals surface area contributed by atoms with Gasteiger partial charge in [-0.25, -0.2) is 10.1 Å². The van der Waals surface area contributed by atoms with E-state index in [2.05, 4.69) is 35.8 Å². The predicted molar refractivity (Wildman–Crippen MR) is 80.9 cm³/mol. The van der Waals surface area contributed by atoms with Gasteiger partial charge in [-0.2, -0.15) is 9.78 Å². The summed E-state index contributed by atoms with van der Waals surface area (Å²) in [7, 11) is 0. The number of nitrogens with one attached hydrogen (secondary N) is 1. The molecule has 1 aliphatic carbocycles. The summed E-state index contributed by atoms with van der Waals surface area (Å²) in [4.78, 5) is 12.1. The van der Waals surface area contributed by atoms with Crippen LogP contribution in [0.5, 0.6) is 0 Å². The van der Waals surface area contributed by atoms with E-state index in [0.29, 0.717) is 11.6 Å². The normalized spacial score (nSPS) is 16.0. The van der Waals surface area contributed by atoms with Gasteiger partial charge < -0.3 is 5.73 Å². The van der Waals surface area contributed by atoms with Crippen LogP contribution >= 0.6 is 0 Å². The number of carbonyl (C=O) groups excluding carboxylic acids is 1. The molecule has 0 spiro atoms. The second kappa shape index (κ2) is 6.55. The first-order valence-corrected chi connectivity index (χ1v) is 7.51. The van der Waals surface area contributed by atoms with E-state index in [-0.39, 0.29) is 17.3 Å². The zero-order chi connectivity index (χ0) is 16.2. The highest BCUT2D eigenvalue weighted by molar-refractivity contribution is 5.93. The molecule has 2 aromatic heterocycles. The second-order valence-electron chi connectivity index (χ2n) is 5.53. The summed E-state index contributed by atoms with van der Waals surface area (Å²) < 4.78 is 5.82. The van der Waals surface area contributed by atoms with Crippen LogP contribution in [-0.2, 0) is 0 Å². The molecule has 1 saturated carbocycles. The number of nitrogens with two attached hydrogens (primary N) is 1. The van der Waals surface area contributed by atoms with Gasteiger partial charge in [-0.1, -0.05) is 24.5 Å². The third kappa shape index (κ3) is 3.20. The van der Waals surface area contributed by atoms with Gasteiger partial charge in [0.25, 0.3) is 5.91 Å². The van der Waals surface area contributed by atoms with Gasteiger partial charge in [0.2, 0.25) is 11.6 Å². The SMILES string of the molecule is Cc1c(C(=O)N/N=C\C2CCCCC2)nnn1-c1nonc1N. The van der Waals surface area contributed by atoms with Crippen LogP contribution in [0.1, 0.15) is 48.3 Å². The van der Waals surface area contributed by atoms with Crippen molar-refractivity contribution in [2.75, 3.05) is 5.73 Å². The Hall–Kier alpha value is -2.78. The van der Waals surface area contributed by atoms with Crippen molar-refractivity contribution in [2.45, 2.75) is 39.0 Å². The van der Waals surface area contributed by atoms with E-state index in [0.717, 1.165) is 12.8 Å². The number of carbonyl (C=O) groups is 1. The standard InChI is InChI=1S/C13H18N8O2/c1-8-10(16-20-21(8)12-11(14)18-23-19-12)13(22)17-15-7-9-5-3-2-4-6-9/h7,9H,2-6H2,1H3,(H2,14,18)(H,17,22)/b15-7-. The first-order chi connectivity index (χ1) is 11.2. The lowest BCUT2D eigenvalue weighted by atomic mass is 9.90. The molecule has 0 bridgehead atoms. The number of hydrogen-bond donors (Lipinski definition) is 2. The third-order valence-electron chi connectivity index (χ3n) is 3.91. The topological polar surface area (TPSA) is 137 Å². The molecule has 2 heterocycles. The lowest BCUT2D eigenvalue weighted by molar-refractivity contribution is 0.0949. The molecular formula is C13H18N8O2. The average Bonchev–Trinajstić information content (AvgIpc) is 3.14. The van der Waals surface area contributed by atoms with Crippen molar-refractivity contribution in [3.8, 4) is 5.82 Å². The number of hydrazone groups is 1. The van der Waals surface area contributed by atoms with Crippen molar-refractivity contribution in [3.05, 3.63) is 11.4 Å². The fourth-order valence-corrected chi connectivity index (χ4v) is 2.62. The van der Waals surface area contributed by atoms with E-state index < -0.39 is 5.91 Å². The molecule has 1 amide bonds. The van der Waals surface area contributed by atoms with E-state index >= 15 is 0 Å². The Morgan fingerprint density at radius 2 is 2.17 bits per heavy atom. The van der Waals surface area contributed by atoms with Crippen LogP contribution in [0.4, 0.5) is 5.82 Å². The molecule has 0 radical (unpaired) electrons. The van der Waals surface area contributed by atoms with Gasteiger partial charge in [0.1, 0.15) is 0 Å². The Morgan fingerprint density at radius 3 is 2.87 bits per heavy atom. The van der Waals surface area contributed by atoms with E-state index in [1.54, 1.807) is 13.1 Å². The maximum absolute atomic E-state index is 12.1. The zero-order valence-electron chi connectivity index (χ0n) is 12.8. The molecule has 3 N–H and O–H groups in total. The van der Waals surface area contributed by atoms with Gasteiger partial charge >= 0.3 is 0 Å². The Morgan fingerprint density at radius 1 is 1.39 bits per heavy atom. The minimum Gasteiger partial charge on any atom is -0.378 e. The van der Waals surface area contributed by atoms with Crippen LogP contribution in [-0.4, -0.2) is 37.4 Å². The van der Waals surface area contributed by atoms with Crippen molar-refractivity contribution in [1.82, 2.24) is 30.7 Å². The predicted octanol–water partition coefficient (Wildman–Crippen LogP) is 0.837. The van der Waals surface area contributed by atoms with Gasteiger partial charge in [-0.3, -0.25) is 4.79 Å². The minimum atomic E-state index is -0.434. The Kier molecular flexibility index (Phi) is 4.31. The Bertz CT molecular complexity index is 713. The molecule has 0 aliphatic heterocycles. The van der Waals surface area contributed by atoms with Crippen LogP contribution in [0.15, 0.2) is 9.73 Å². The summed E-state index contributed by atoms with van der Waals surface area (Å²) in [6.07, 6.45) is 7.74. The van der Waals surface area contributed by atoms with Crippen molar-refractivity contribution in [3.63, 3.8) is 0 Å². The number of amides is 1. The molecule has 1 fully saturated rings. The van der Waals surface area contributed by atoms with Gasteiger partial charge in [-0.15, -0.1) is 5.10 Å². The summed E-state index contributed by atoms with van der Waals surface area (Å²) in [5, 5.41) is 18.8. The maximum Gasteiger partial charge on any atom is 0.293 e. The van der Waals surface area contributed by atoms with Crippen molar-refractivity contribution in [2.24, 2.45) is 11.0 Å². The molecular weight excluding hydrogens is 300 g/mol. The summed E-state index contributed by atoms with van der Waals surface area (Å²) in [6.45, 7) is 1.67. The molecule has 0 atom stereocenters. The zero-order valence-corrected chi connectivity index (χ0v) is 12.8. The highest BCUT2D eigenvalue weighted by atomic mass is 16.6. The van der Waals surface area contributed by atoms with Crippen molar-refractivity contribution < 1.29 is 9.42 Å². The van der Waals surface area contributed by atoms with Crippen LogP contribution in [0, 0.1) is 12.8 Å². The van der Waals surface area contributed by atoms with Gasteiger partial charge in [0.15, 0.2) is 5.69 Å². The molecule has 3 rings (SSSR count). The van der Waals surface area contributed by atoms with Crippen LogP contribution in [0.2, 0.25) is 0 Å². The number of hydrogen-bond acceptors (Lipinski definition) is 8. The van der Waals surface area contributed by atoms with Gasteiger partial charge in [-0.05, 0) is 36.0 Å². The number of nitrogens with zero attached hydrogens (tertiary/aromatic N) is 6. The third-order valence-corrected chi connectivity index (χ3v) is 3.91. The molecule has 23 heavy (non-hydrogen) atoms. The van der Waals surface area contributed by atoms with Crippen LogP contribution in [0.3, 0.4) is 0 Å². The Labute approximate surface area is 132 Å². The smallest absolute Gasteiger partial charge is 0.293 e. The summed E-state index contributed by atoms with van der Waals surface area (Å²) >= 11 is 0. The number of anilines is 1. The second-order valence-corrected chi connectivity index (χ2v) is 5.53.